The third-order valence-corrected chi connectivity index (χ3v) is 4.34. The van der Waals surface area contributed by atoms with Crippen LogP contribution in [-0.2, 0) is 6.54 Å². The van der Waals surface area contributed by atoms with Crippen molar-refractivity contribution in [3.05, 3.63) is 57.5 Å². The number of hydrogen-bond donors (Lipinski definition) is 1. The third-order valence-electron chi connectivity index (χ3n) is 3.57. The van der Waals surface area contributed by atoms with Gasteiger partial charge in [0.2, 0.25) is 0 Å². The lowest BCUT2D eigenvalue weighted by atomic mass is 10.2. The van der Waals surface area contributed by atoms with Crippen LogP contribution in [0.3, 0.4) is 0 Å². The maximum Gasteiger partial charge on any atom is 0.271 e. The molecule has 1 N–H and O–H groups in total. The molecule has 0 aliphatic heterocycles. The molecule has 0 atom stereocenters. The number of fused-ring (bicyclic) bond motifs is 1. The van der Waals surface area contributed by atoms with E-state index >= 15 is 0 Å². The first-order chi connectivity index (χ1) is 12.1. The quantitative estimate of drug-likeness (QED) is 0.729. The van der Waals surface area contributed by atoms with Crippen molar-refractivity contribution in [2.24, 2.45) is 0 Å². The number of nitrogens with one attached hydrogen (secondary N) is 1. The summed E-state index contributed by atoms with van der Waals surface area (Å²) >= 11 is 1.34. The first-order valence-corrected chi connectivity index (χ1v) is 8.54. The normalized spacial score (nSPS) is 10.6. The third kappa shape index (κ3) is 3.48. The zero-order chi connectivity index (χ0) is 17.8. The fourth-order valence-electron chi connectivity index (χ4n) is 2.36. The first-order valence-electron chi connectivity index (χ1n) is 7.66. The van der Waals surface area contributed by atoms with Crippen molar-refractivity contribution in [3.63, 3.8) is 0 Å². The molecule has 0 bridgehead atoms. The Kier molecular flexibility index (Phi) is 4.99. The highest BCUT2D eigenvalue weighted by Crippen LogP contribution is 2.27. The van der Waals surface area contributed by atoms with Gasteiger partial charge in [-0.1, -0.05) is 6.07 Å². The number of rotatable bonds is 6. The molecule has 0 aliphatic rings. The molecule has 2 heterocycles. The minimum Gasteiger partial charge on any atom is -0.493 e. The smallest absolute Gasteiger partial charge is 0.271 e. The topological polar surface area (TPSA) is 81.9 Å². The zero-order valence-electron chi connectivity index (χ0n) is 13.8. The van der Waals surface area contributed by atoms with E-state index in [9.17, 15) is 9.59 Å². The summed E-state index contributed by atoms with van der Waals surface area (Å²) in [4.78, 5) is 29.3. The average Bonchev–Trinajstić information content (AvgIpc) is 3.10. The molecular weight excluding hydrogens is 342 g/mol. The molecule has 0 saturated carbocycles. The Bertz CT molecular complexity index is 964. The molecular formula is C17H17N3O4S. The van der Waals surface area contributed by atoms with Crippen LogP contribution in [0.5, 0.6) is 11.5 Å². The Hall–Kier alpha value is -2.87. The second-order valence-electron chi connectivity index (χ2n) is 5.13. The number of methoxy groups -OCH3 is 1. The van der Waals surface area contributed by atoms with Crippen LogP contribution in [0.25, 0.3) is 4.96 Å². The zero-order valence-corrected chi connectivity index (χ0v) is 14.6. The molecule has 0 radical (unpaired) electrons. The van der Waals surface area contributed by atoms with E-state index in [4.69, 9.17) is 9.47 Å². The molecule has 2 aromatic heterocycles. The highest BCUT2D eigenvalue weighted by atomic mass is 32.1. The Morgan fingerprint density at radius 2 is 2.20 bits per heavy atom. The van der Waals surface area contributed by atoms with Crippen LogP contribution in [0.2, 0.25) is 0 Å². The number of amides is 1. The molecule has 8 heteroatoms. The molecule has 0 fully saturated rings. The number of benzene rings is 1. The number of aromatic nitrogens is 2. The fraction of sp³-hybridized carbons (Fsp3) is 0.235. The van der Waals surface area contributed by atoms with Crippen LogP contribution >= 0.6 is 11.3 Å². The van der Waals surface area contributed by atoms with Crippen LogP contribution in [0.15, 0.2) is 40.8 Å². The van der Waals surface area contributed by atoms with Crippen molar-refractivity contribution in [1.82, 2.24) is 14.7 Å². The molecule has 3 aromatic rings. The molecule has 3 rings (SSSR count). The second kappa shape index (κ2) is 7.35. The van der Waals surface area contributed by atoms with Crippen LogP contribution < -0.4 is 20.3 Å². The molecule has 130 valence electrons. The lowest BCUT2D eigenvalue weighted by Gasteiger charge is -2.11. The second-order valence-corrected chi connectivity index (χ2v) is 6.01. The van der Waals surface area contributed by atoms with Gasteiger partial charge in [0.25, 0.3) is 11.5 Å². The van der Waals surface area contributed by atoms with E-state index in [0.717, 1.165) is 5.56 Å². The Balaban J connectivity index is 1.76. The van der Waals surface area contributed by atoms with Gasteiger partial charge in [-0.3, -0.25) is 14.0 Å². The summed E-state index contributed by atoms with van der Waals surface area (Å²) in [5, 5.41) is 4.48. The van der Waals surface area contributed by atoms with Gasteiger partial charge >= 0.3 is 0 Å². The van der Waals surface area contributed by atoms with Gasteiger partial charge < -0.3 is 14.8 Å². The average molecular weight is 359 g/mol. The number of hydrogen-bond acceptors (Lipinski definition) is 6. The molecule has 0 saturated heterocycles. The van der Waals surface area contributed by atoms with Crippen LogP contribution in [0.4, 0.5) is 0 Å². The number of carbonyl (C=O) groups is 1. The highest BCUT2D eigenvalue weighted by Gasteiger charge is 2.14. The van der Waals surface area contributed by atoms with Crippen molar-refractivity contribution < 1.29 is 14.3 Å². The number of ether oxygens (including phenoxy) is 2. The molecule has 0 aliphatic carbocycles. The minimum absolute atomic E-state index is 0.00874. The number of carbonyl (C=O) groups excluding carboxylic acids is 1. The van der Waals surface area contributed by atoms with Gasteiger partial charge in [-0.05, 0) is 24.6 Å². The van der Waals surface area contributed by atoms with E-state index in [2.05, 4.69) is 10.3 Å². The number of thiazole rings is 1. The SMILES string of the molecule is CCOc1cc(CNC(=O)c2cnc3sccn3c2=O)ccc1OC. The van der Waals surface area contributed by atoms with Crippen LogP contribution in [0.1, 0.15) is 22.8 Å². The van der Waals surface area contributed by atoms with Gasteiger partial charge in [-0.25, -0.2) is 4.98 Å². The monoisotopic (exact) mass is 359 g/mol. The summed E-state index contributed by atoms with van der Waals surface area (Å²) in [6.45, 7) is 2.65. The van der Waals surface area contributed by atoms with Crippen molar-refractivity contribution in [1.29, 1.82) is 0 Å². The van der Waals surface area contributed by atoms with E-state index < -0.39 is 5.91 Å². The van der Waals surface area contributed by atoms with Crippen molar-refractivity contribution in [3.8, 4) is 11.5 Å². The lowest BCUT2D eigenvalue weighted by molar-refractivity contribution is 0.0949. The number of nitrogens with zero attached hydrogens (tertiary/aromatic N) is 2. The predicted molar refractivity (Wildman–Crippen MR) is 94.7 cm³/mol. The van der Waals surface area contributed by atoms with Crippen molar-refractivity contribution >= 4 is 22.2 Å². The van der Waals surface area contributed by atoms with E-state index in [1.165, 1.54) is 21.9 Å². The molecule has 1 amide bonds. The predicted octanol–water partition coefficient (Wildman–Crippen LogP) is 2.09. The molecule has 1 aromatic carbocycles. The molecule has 0 unspecified atom stereocenters. The standard InChI is InChI=1S/C17H17N3O4S/c1-3-24-14-8-11(4-5-13(14)23-2)9-18-15(21)12-10-19-17-20(16(12)22)6-7-25-17/h4-8,10H,3,9H2,1-2H3,(H,18,21). The minimum atomic E-state index is -0.466. The molecule has 0 spiro atoms. The van der Waals surface area contributed by atoms with E-state index in [0.29, 0.717) is 23.1 Å². The maximum atomic E-state index is 12.3. The molecule has 7 nitrogen and oxygen atoms in total. The fourth-order valence-corrected chi connectivity index (χ4v) is 3.03. The first kappa shape index (κ1) is 17.0. The van der Waals surface area contributed by atoms with E-state index in [1.807, 2.05) is 13.0 Å². The van der Waals surface area contributed by atoms with Crippen molar-refractivity contribution in [2.75, 3.05) is 13.7 Å². The largest absolute Gasteiger partial charge is 0.493 e. The Labute approximate surface area is 147 Å². The highest BCUT2D eigenvalue weighted by molar-refractivity contribution is 7.15. The van der Waals surface area contributed by atoms with Gasteiger partial charge in [0.05, 0.1) is 13.7 Å². The van der Waals surface area contributed by atoms with Crippen LogP contribution in [0, 0.1) is 0 Å². The van der Waals surface area contributed by atoms with Gasteiger partial charge in [0.15, 0.2) is 16.5 Å². The summed E-state index contributed by atoms with van der Waals surface area (Å²) in [6, 6.07) is 5.41. The van der Waals surface area contributed by atoms with Crippen LogP contribution in [-0.4, -0.2) is 29.0 Å². The Morgan fingerprint density at radius 1 is 1.36 bits per heavy atom. The van der Waals surface area contributed by atoms with Gasteiger partial charge in [0.1, 0.15) is 5.56 Å². The van der Waals surface area contributed by atoms with Gasteiger partial charge in [0, 0.05) is 24.3 Å². The van der Waals surface area contributed by atoms with Gasteiger partial charge in [-0.2, -0.15) is 0 Å². The summed E-state index contributed by atoms with van der Waals surface area (Å²) in [5.74, 6) is 0.771. The summed E-state index contributed by atoms with van der Waals surface area (Å²) in [7, 11) is 1.57. The van der Waals surface area contributed by atoms with Gasteiger partial charge in [-0.15, -0.1) is 11.3 Å². The Morgan fingerprint density at radius 3 is 2.96 bits per heavy atom. The lowest BCUT2D eigenvalue weighted by Crippen LogP contribution is -2.30. The summed E-state index contributed by atoms with van der Waals surface area (Å²) in [6.07, 6.45) is 2.91. The van der Waals surface area contributed by atoms with Crippen molar-refractivity contribution in [2.45, 2.75) is 13.5 Å². The van der Waals surface area contributed by atoms with E-state index in [1.54, 1.807) is 30.8 Å². The van der Waals surface area contributed by atoms with E-state index in [-0.39, 0.29) is 17.7 Å². The summed E-state index contributed by atoms with van der Waals surface area (Å²) < 4.78 is 12.1. The summed E-state index contributed by atoms with van der Waals surface area (Å²) in [5.41, 5.74) is 0.463. The maximum absolute atomic E-state index is 12.3. The molecule has 25 heavy (non-hydrogen) atoms.